The van der Waals surface area contributed by atoms with Crippen LogP contribution in [0, 0.1) is 20.8 Å². The fourth-order valence-corrected chi connectivity index (χ4v) is 2.30. The van der Waals surface area contributed by atoms with Crippen molar-refractivity contribution in [3.8, 4) is 11.4 Å². The summed E-state index contributed by atoms with van der Waals surface area (Å²) >= 11 is 0. The number of carbonyl (C=O) groups is 1. The molecule has 2 rings (SSSR count). The fourth-order valence-electron chi connectivity index (χ4n) is 2.30. The van der Waals surface area contributed by atoms with Crippen LogP contribution < -0.4 is 4.74 Å². The van der Waals surface area contributed by atoms with E-state index in [9.17, 15) is 4.79 Å². The lowest BCUT2D eigenvalue weighted by Gasteiger charge is -2.10. The van der Waals surface area contributed by atoms with Crippen LogP contribution in [0.5, 0.6) is 5.75 Å². The highest BCUT2D eigenvalue weighted by Crippen LogP contribution is 2.25. The molecule has 94 valence electrons. The fraction of sp³-hybridized carbons (Fsp3) is 0.267. The maximum Gasteiger partial charge on any atom is 0.152 e. The van der Waals surface area contributed by atoms with E-state index in [0.717, 1.165) is 40.2 Å². The molecule has 0 saturated carbocycles. The van der Waals surface area contributed by atoms with E-state index in [1.807, 2.05) is 45.0 Å². The standard InChI is InChI=1S/C15H17NO2/c1-10-11(2)16(12(3)15(10)9-17)13-5-7-14(18-4)8-6-13/h5-9H,1-4H3. The van der Waals surface area contributed by atoms with Gasteiger partial charge in [0, 0.05) is 22.6 Å². The highest BCUT2D eigenvalue weighted by atomic mass is 16.5. The molecule has 2 aromatic rings. The quantitative estimate of drug-likeness (QED) is 0.775. The van der Waals surface area contributed by atoms with E-state index in [0.29, 0.717) is 0 Å². The summed E-state index contributed by atoms with van der Waals surface area (Å²) < 4.78 is 7.25. The second-order valence-electron chi connectivity index (χ2n) is 4.36. The third-order valence-electron chi connectivity index (χ3n) is 3.46. The highest BCUT2D eigenvalue weighted by molar-refractivity contribution is 5.80. The van der Waals surface area contributed by atoms with Gasteiger partial charge in [0.2, 0.25) is 0 Å². The highest BCUT2D eigenvalue weighted by Gasteiger charge is 2.14. The largest absolute Gasteiger partial charge is 0.497 e. The monoisotopic (exact) mass is 243 g/mol. The minimum atomic E-state index is 0.781. The maximum absolute atomic E-state index is 11.1. The molecule has 3 nitrogen and oxygen atoms in total. The first-order valence-corrected chi connectivity index (χ1v) is 5.88. The lowest BCUT2D eigenvalue weighted by atomic mass is 10.1. The van der Waals surface area contributed by atoms with Crippen LogP contribution in [-0.2, 0) is 0 Å². The molecule has 0 amide bonds. The zero-order valence-corrected chi connectivity index (χ0v) is 11.2. The van der Waals surface area contributed by atoms with E-state index >= 15 is 0 Å². The molecule has 0 spiro atoms. The Balaban J connectivity index is 2.59. The van der Waals surface area contributed by atoms with E-state index in [1.165, 1.54) is 0 Å². The Morgan fingerprint density at radius 1 is 1.06 bits per heavy atom. The molecule has 0 bridgehead atoms. The van der Waals surface area contributed by atoms with Gasteiger partial charge in [0.05, 0.1) is 7.11 Å². The molecule has 0 fully saturated rings. The lowest BCUT2D eigenvalue weighted by molar-refractivity contribution is 0.112. The Morgan fingerprint density at radius 3 is 2.11 bits per heavy atom. The number of nitrogens with zero attached hydrogens (tertiary/aromatic N) is 1. The van der Waals surface area contributed by atoms with Gasteiger partial charge in [-0.25, -0.2) is 0 Å². The SMILES string of the molecule is COc1ccc(-n2c(C)c(C)c(C=O)c2C)cc1. The van der Waals surface area contributed by atoms with Crippen LogP contribution in [0.3, 0.4) is 0 Å². The summed E-state index contributed by atoms with van der Waals surface area (Å²) in [4.78, 5) is 11.1. The first-order valence-electron chi connectivity index (χ1n) is 5.88. The summed E-state index contributed by atoms with van der Waals surface area (Å²) in [5.74, 6) is 0.827. The Hall–Kier alpha value is -2.03. The average molecular weight is 243 g/mol. The van der Waals surface area contributed by atoms with E-state index in [1.54, 1.807) is 7.11 Å². The zero-order valence-electron chi connectivity index (χ0n) is 11.2. The summed E-state index contributed by atoms with van der Waals surface area (Å²) in [6.45, 7) is 5.97. The molecule has 3 heteroatoms. The topological polar surface area (TPSA) is 31.2 Å². The molecule has 18 heavy (non-hydrogen) atoms. The van der Waals surface area contributed by atoms with Crippen molar-refractivity contribution >= 4 is 6.29 Å². The number of aldehydes is 1. The Bertz CT molecular complexity index is 580. The Morgan fingerprint density at radius 2 is 1.67 bits per heavy atom. The van der Waals surface area contributed by atoms with Crippen molar-refractivity contribution < 1.29 is 9.53 Å². The second kappa shape index (κ2) is 4.69. The van der Waals surface area contributed by atoms with Crippen LogP contribution in [0.2, 0.25) is 0 Å². The number of ether oxygens (including phenoxy) is 1. The number of aromatic nitrogens is 1. The molecule has 0 saturated heterocycles. The van der Waals surface area contributed by atoms with Crippen molar-refractivity contribution in [1.82, 2.24) is 4.57 Å². The smallest absolute Gasteiger partial charge is 0.152 e. The van der Waals surface area contributed by atoms with Crippen molar-refractivity contribution in [2.75, 3.05) is 7.11 Å². The van der Waals surface area contributed by atoms with Gasteiger partial charge in [0.25, 0.3) is 0 Å². The molecule has 0 unspecified atom stereocenters. The number of methoxy groups -OCH3 is 1. The summed E-state index contributed by atoms with van der Waals surface area (Å²) in [5, 5.41) is 0. The number of carbonyl (C=O) groups excluding carboxylic acids is 1. The van der Waals surface area contributed by atoms with Crippen LogP contribution >= 0.6 is 0 Å². The molecule has 0 aliphatic heterocycles. The molecule has 0 N–H and O–H groups in total. The summed E-state index contributed by atoms with van der Waals surface area (Å²) in [6, 6.07) is 7.83. The van der Waals surface area contributed by atoms with Gasteiger partial charge < -0.3 is 9.30 Å². The van der Waals surface area contributed by atoms with Gasteiger partial charge in [-0.3, -0.25) is 4.79 Å². The Labute approximate surface area is 107 Å². The van der Waals surface area contributed by atoms with Crippen LogP contribution in [-0.4, -0.2) is 18.0 Å². The van der Waals surface area contributed by atoms with Gasteiger partial charge in [-0.1, -0.05) is 0 Å². The van der Waals surface area contributed by atoms with E-state index < -0.39 is 0 Å². The van der Waals surface area contributed by atoms with E-state index in [2.05, 4.69) is 4.57 Å². The number of hydrogen-bond donors (Lipinski definition) is 0. The van der Waals surface area contributed by atoms with E-state index in [-0.39, 0.29) is 0 Å². The zero-order chi connectivity index (χ0) is 13.3. The van der Waals surface area contributed by atoms with E-state index in [4.69, 9.17) is 4.74 Å². The van der Waals surface area contributed by atoms with Gasteiger partial charge in [-0.15, -0.1) is 0 Å². The molecule has 1 aromatic heterocycles. The summed E-state index contributed by atoms with van der Waals surface area (Å²) in [6.07, 6.45) is 0.928. The lowest BCUT2D eigenvalue weighted by Crippen LogP contribution is -1.99. The third kappa shape index (κ3) is 1.82. The normalized spacial score (nSPS) is 10.4. The van der Waals surface area contributed by atoms with Gasteiger partial charge in [0.15, 0.2) is 6.29 Å². The second-order valence-corrected chi connectivity index (χ2v) is 4.36. The minimum absolute atomic E-state index is 0.781. The van der Waals surface area contributed by atoms with Crippen molar-refractivity contribution in [2.45, 2.75) is 20.8 Å². The number of rotatable bonds is 3. The molecular formula is C15H17NO2. The molecular weight excluding hydrogens is 226 g/mol. The summed E-state index contributed by atoms with van der Waals surface area (Å²) in [5.41, 5.74) is 4.94. The number of hydrogen-bond acceptors (Lipinski definition) is 2. The first-order chi connectivity index (χ1) is 8.60. The average Bonchev–Trinajstić information content (AvgIpc) is 2.60. The van der Waals surface area contributed by atoms with Crippen LogP contribution in [0.4, 0.5) is 0 Å². The molecule has 0 aliphatic carbocycles. The predicted octanol–water partition coefficient (Wildman–Crippen LogP) is 3.22. The Kier molecular flexibility index (Phi) is 3.24. The summed E-state index contributed by atoms with van der Waals surface area (Å²) in [7, 11) is 1.65. The van der Waals surface area contributed by atoms with Crippen molar-refractivity contribution in [1.29, 1.82) is 0 Å². The predicted molar refractivity (Wildman–Crippen MR) is 71.9 cm³/mol. The van der Waals surface area contributed by atoms with Crippen molar-refractivity contribution in [3.63, 3.8) is 0 Å². The van der Waals surface area contributed by atoms with Gasteiger partial charge in [-0.05, 0) is 50.6 Å². The minimum Gasteiger partial charge on any atom is -0.497 e. The molecule has 0 atom stereocenters. The van der Waals surface area contributed by atoms with Crippen molar-refractivity contribution in [3.05, 3.63) is 46.8 Å². The molecule has 0 radical (unpaired) electrons. The van der Waals surface area contributed by atoms with Gasteiger partial charge >= 0.3 is 0 Å². The maximum atomic E-state index is 11.1. The van der Waals surface area contributed by atoms with Crippen LogP contribution in [0.25, 0.3) is 5.69 Å². The van der Waals surface area contributed by atoms with Crippen LogP contribution in [0.15, 0.2) is 24.3 Å². The van der Waals surface area contributed by atoms with Gasteiger partial charge in [0.1, 0.15) is 5.75 Å². The van der Waals surface area contributed by atoms with Gasteiger partial charge in [-0.2, -0.15) is 0 Å². The van der Waals surface area contributed by atoms with Crippen LogP contribution in [0.1, 0.15) is 27.3 Å². The molecule has 1 heterocycles. The first kappa shape index (κ1) is 12.4. The molecule has 0 aliphatic rings. The number of benzene rings is 1. The third-order valence-corrected chi connectivity index (χ3v) is 3.46. The molecule has 1 aromatic carbocycles. The van der Waals surface area contributed by atoms with Crippen molar-refractivity contribution in [2.24, 2.45) is 0 Å².